The van der Waals surface area contributed by atoms with Gasteiger partial charge in [-0.15, -0.1) is 0 Å². The van der Waals surface area contributed by atoms with Gasteiger partial charge in [0, 0.05) is 26.9 Å². The van der Waals surface area contributed by atoms with E-state index >= 15 is 0 Å². The first-order valence-corrected chi connectivity index (χ1v) is 7.40. The average molecular weight is 233 g/mol. The van der Waals surface area contributed by atoms with E-state index in [9.17, 15) is 0 Å². The number of likely N-dealkylation sites (tertiary alicyclic amines) is 1. The minimum absolute atomic E-state index is 0.459. The fraction of sp³-hybridized carbons (Fsp3) is 1.00. The molecule has 0 N–H and O–H groups in total. The summed E-state index contributed by atoms with van der Waals surface area (Å²) in [5.74, 6) is 0. The molecular weight excluding hydrogens is 210 g/mol. The predicted octanol–water partition coefficient (Wildman–Crippen LogP) is 1.35. The lowest BCUT2D eigenvalue weighted by Gasteiger charge is -2.38. The number of hydrogen-bond acceptors (Lipinski definition) is 4. The molecule has 4 nitrogen and oxygen atoms in total. The Morgan fingerprint density at radius 1 is 1.07 bits per heavy atom. The van der Waals surface area contributed by atoms with Crippen LogP contribution in [0, 0.1) is 0 Å². The van der Waals surface area contributed by atoms with Crippen molar-refractivity contribution in [1.29, 1.82) is 0 Å². The lowest BCUT2D eigenvalue weighted by Crippen LogP contribution is -2.51. The molecule has 90 valence electrons. The normalized spacial score (nSPS) is 20.8. The van der Waals surface area contributed by atoms with E-state index < -0.39 is 8.80 Å². The molecule has 0 radical (unpaired) electrons. The third kappa shape index (κ3) is 2.79. The van der Waals surface area contributed by atoms with Crippen LogP contribution in [0.1, 0.15) is 19.8 Å². The molecule has 0 aliphatic carbocycles. The van der Waals surface area contributed by atoms with Gasteiger partial charge in [-0.1, -0.05) is 6.92 Å². The summed E-state index contributed by atoms with van der Waals surface area (Å²) in [6, 6.07) is 0. The van der Waals surface area contributed by atoms with Gasteiger partial charge in [0.15, 0.2) is 0 Å². The van der Waals surface area contributed by atoms with Crippen LogP contribution in [0.4, 0.5) is 0 Å². The van der Waals surface area contributed by atoms with Crippen molar-refractivity contribution < 1.29 is 13.3 Å². The van der Waals surface area contributed by atoms with Crippen molar-refractivity contribution >= 4 is 8.80 Å². The Morgan fingerprint density at radius 3 is 1.87 bits per heavy atom. The van der Waals surface area contributed by atoms with Crippen LogP contribution in [0.25, 0.3) is 0 Å². The van der Waals surface area contributed by atoms with E-state index in [-0.39, 0.29) is 0 Å². The summed E-state index contributed by atoms with van der Waals surface area (Å²) < 4.78 is 16.6. The third-order valence-corrected chi connectivity index (χ3v) is 6.67. The zero-order valence-electron chi connectivity index (χ0n) is 10.3. The standard InChI is InChI=1S/C10H23NO3Si/c1-5-11-8-6-10(7-9-11)15(12-2,13-3)14-4/h10H,5-9H2,1-4H3. The molecule has 1 fully saturated rings. The summed E-state index contributed by atoms with van der Waals surface area (Å²) in [6.07, 6.45) is 2.24. The highest BCUT2D eigenvalue weighted by Crippen LogP contribution is 2.33. The maximum atomic E-state index is 5.52. The van der Waals surface area contributed by atoms with Gasteiger partial charge in [-0.3, -0.25) is 0 Å². The summed E-state index contributed by atoms with van der Waals surface area (Å²) in [7, 11) is 2.71. The molecule has 1 aliphatic rings. The highest BCUT2D eigenvalue weighted by atomic mass is 28.4. The zero-order valence-corrected chi connectivity index (χ0v) is 11.3. The molecule has 1 aliphatic heterocycles. The molecule has 0 unspecified atom stereocenters. The monoisotopic (exact) mass is 233 g/mol. The fourth-order valence-electron chi connectivity index (χ4n) is 2.35. The molecule has 0 aromatic carbocycles. The number of nitrogens with zero attached hydrogens (tertiary/aromatic N) is 1. The van der Waals surface area contributed by atoms with Crippen molar-refractivity contribution in [3.63, 3.8) is 0 Å². The van der Waals surface area contributed by atoms with Crippen molar-refractivity contribution in [2.24, 2.45) is 0 Å². The van der Waals surface area contributed by atoms with Crippen LogP contribution in [0.2, 0.25) is 5.54 Å². The molecule has 0 saturated carbocycles. The van der Waals surface area contributed by atoms with Gasteiger partial charge >= 0.3 is 8.80 Å². The topological polar surface area (TPSA) is 30.9 Å². The Kier molecular flexibility index (Phi) is 5.21. The Hall–Kier alpha value is 0.0569. The van der Waals surface area contributed by atoms with Crippen molar-refractivity contribution in [3.05, 3.63) is 0 Å². The van der Waals surface area contributed by atoms with Crippen LogP contribution in [0.3, 0.4) is 0 Å². The van der Waals surface area contributed by atoms with Crippen LogP contribution < -0.4 is 0 Å². The Bertz CT molecular complexity index is 171. The van der Waals surface area contributed by atoms with Crippen molar-refractivity contribution in [1.82, 2.24) is 4.90 Å². The second-order valence-corrected chi connectivity index (χ2v) is 7.17. The van der Waals surface area contributed by atoms with E-state index in [1.54, 1.807) is 21.3 Å². The average Bonchev–Trinajstić information content (AvgIpc) is 2.33. The van der Waals surface area contributed by atoms with Crippen molar-refractivity contribution in [2.75, 3.05) is 41.0 Å². The van der Waals surface area contributed by atoms with Gasteiger partial charge in [0.05, 0.1) is 0 Å². The quantitative estimate of drug-likeness (QED) is 0.671. The Balaban J connectivity index is 2.56. The van der Waals surface area contributed by atoms with Gasteiger partial charge in [-0.25, -0.2) is 0 Å². The molecule has 1 saturated heterocycles. The maximum absolute atomic E-state index is 5.52. The number of hydrogen-bond donors (Lipinski definition) is 0. The first-order chi connectivity index (χ1) is 7.22. The zero-order chi connectivity index (χ0) is 11.3. The molecule has 15 heavy (non-hydrogen) atoms. The van der Waals surface area contributed by atoms with Gasteiger partial charge in [0.2, 0.25) is 0 Å². The summed E-state index contributed by atoms with van der Waals surface area (Å²) >= 11 is 0. The van der Waals surface area contributed by atoms with E-state index in [4.69, 9.17) is 13.3 Å². The smallest absolute Gasteiger partial charge is 0.377 e. The van der Waals surface area contributed by atoms with Gasteiger partial charge in [0.25, 0.3) is 0 Å². The SMILES string of the molecule is CCN1CCC([Si](OC)(OC)OC)CC1. The maximum Gasteiger partial charge on any atom is 0.503 e. The molecular formula is C10H23NO3Si. The summed E-state index contributed by atoms with van der Waals surface area (Å²) in [5, 5.41) is 0. The first-order valence-electron chi connectivity index (χ1n) is 5.60. The number of piperidine rings is 1. The molecule has 0 amide bonds. The van der Waals surface area contributed by atoms with E-state index in [0.717, 1.165) is 32.5 Å². The van der Waals surface area contributed by atoms with E-state index in [0.29, 0.717) is 5.54 Å². The summed E-state index contributed by atoms with van der Waals surface area (Å²) in [6.45, 7) is 5.60. The lowest BCUT2D eigenvalue weighted by molar-refractivity contribution is 0.0952. The molecule has 0 aromatic heterocycles. The molecule has 0 atom stereocenters. The Labute approximate surface area is 93.9 Å². The molecule has 0 aromatic rings. The van der Waals surface area contributed by atoms with Crippen LogP contribution in [-0.4, -0.2) is 54.7 Å². The van der Waals surface area contributed by atoms with Crippen LogP contribution in [-0.2, 0) is 13.3 Å². The summed E-state index contributed by atoms with van der Waals surface area (Å²) in [5.41, 5.74) is 0.459. The molecule has 0 spiro atoms. The van der Waals surface area contributed by atoms with Gasteiger partial charge in [-0.2, -0.15) is 0 Å². The van der Waals surface area contributed by atoms with Gasteiger partial charge in [0.1, 0.15) is 0 Å². The lowest BCUT2D eigenvalue weighted by atomic mass is 10.1. The minimum atomic E-state index is -2.39. The number of rotatable bonds is 5. The largest absolute Gasteiger partial charge is 0.503 e. The van der Waals surface area contributed by atoms with Crippen molar-refractivity contribution in [2.45, 2.75) is 25.3 Å². The van der Waals surface area contributed by atoms with Crippen LogP contribution >= 0.6 is 0 Å². The van der Waals surface area contributed by atoms with Crippen LogP contribution in [0.15, 0.2) is 0 Å². The second-order valence-electron chi connectivity index (χ2n) is 3.92. The van der Waals surface area contributed by atoms with Gasteiger partial charge < -0.3 is 18.2 Å². The third-order valence-electron chi connectivity index (χ3n) is 3.39. The van der Waals surface area contributed by atoms with Gasteiger partial charge in [-0.05, 0) is 32.5 Å². The highest BCUT2D eigenvalue weighted by molar-refractivity contribution is 6.62. The Morgan fingerprint density at radius 2 is 1.53 bits per heavy atom. The fourth-order valence-corrected chi connectivity index (χ4v) is 4.82. The van der Waals surface area contributed by atoms with Crippen molar-refractivity contribution in [3.8, 4) is 0 Å². The van der Waals surface area contributed by atoms with E-state index in [2.05, 4.69) is 11.8 Å². The molecule has 5 heteroatoms. The van der Waals surface area contributed by atoms with Crippen LogP contribution in [0.5, 0.6) is 0 Å². The minimum Gasteiger partial charge on any atom is -0.377 e. The van der Waals surface area contributed by atoms with E-state index in [1.807, 2.05) is 0 Å². The predicted molar refractivity (Wildman–Crippen MR) is 61.9 cm³/mol. The second kappa shape index (κ2) is 5.96. The molecule has 0 bridgehead atoms. The summed E-state index contributed by atoms with van der Waals surface area (Å²) in [4.78, 5) is 2.46. The first kappa shape index (κ1) is 13.1. The van der Waals surface area contributed by atoms with E-state index in [1.165, 1.54) is 0 Å². The highest BCUT2D eigenvalue weighted by Gasteiger charge is 2.47. The molecule has 1 heterocycles. The molecule has 1 rings (SSSR count).